The smallest absolute Gasteiger partial charge is 0.161 e. The molecule has 2 aromatic rings. The summed E-state index contributed by atoms with van der Waals surface area (Å²) in [5.74, 6) is 0.636. The van der Waals surface area contributed by atoms with E-state index in [1.54, 1.807) is 18.3 Å². The van der Waals surface area contributed by atoms with E-state index in [0.29, 0.717) is 16.5 Å². The second-order valence-electron chi connectivity index (χ2n) is 5.25. The number of nitrogens with zero attached hydrogens (tertiary/aromatic N) is 2. The van der Waals surface area contributed by atoms with Gasteiger partial charge < -0.3 is 5.73 Å². The fourth-order valence-electron chi connectivity index (χ4n) is 1.64. The van der Waals surface area contributed by atoms with Crippen LogP contribution in [0.3, 0.4) is 0 Å². The van der Waals surface area contributed by atoms with Gasteiger partial charge in [0, 0.05) is 33.6 Å². The normalized spacial score (nSPS) is 11.6. The zero-order chi connectivity index (χ0) is 13.3. The van der Waals surface area contributed by atoms with Gasteiger partial charge in [-0.2, -0.15) is 0 Å². The lowest BCUT2D eigenvalue weighted by Crippen LogP contribution is -2.14. The van der Waals surface area contributed by atoms with Crippen LogP contribution in [0.2, 0.25) is 5.02 Å². The molecule has 0 unspecified atom stereocenters. The molecule has 0 fully saturated rings. The number of benzene rings is 1. The molecule has 2 N–H and O–H groups in total. The number of anilines is 1. The predicted octanol–water partition coefficient (Wildman–Crippen LogP) is 3.68. The number of nitrogen functional groups attached to an aromatic ring is 1. The number of aromatic nitrogens is 2. The Balaban J connectivity index is 2.51. The molecule has 0 aliphatic rings. The van der Waals surface area contributed by atoms with E-state index in [9.17, 15) is 0 Å². The first-order valence-corrected chi connectivity index (χ1v) is 6.14. The first-order valence-electron chi connectivity index (χ1n) is 5.77. The monoisotopic (exact) mass is 261 g/mol. The SMILES string of the molecule is CC(C)(C)c1ccnc(-c2ccc(Cl)cc2N)n1. The van der Waals surface area contributed by atoms with Gasteiger partial charge >= 0.3 is 0 Å². The molecule has 0 aliphatic heterocycles. The number of halogens is 1. The van der Waals surface area contributed by atoms with Crippen LogP contribution in [0, 0.1) is 0 Å². The van der Waals surface area contributed by atoms with Crippen LogP contribution < -0.4 is 5.73 Å². The summed E-state index contributed by atoms with van der Waals surface area (Å²) in [5, 5.41) is 0.614. The van der Waals surface area contributed by atoms with Crippen molar-refractivity contribution in [2.24, 2.45) is 0 Å². The Labute approximate surface area is 112 Å². The van der Waals surface area contributed by atoms with E-state index in [-0.39, 0.29) is 5.41 Å². The summed E-state index contributed by atoms with van der Waals surface area (Å²) in [4.78, 5) is 8.85. The number of nitrogens with two attached hydrogens (primary N) is 1. The van der Waals surface area contributed by atoms with Gasteiger partial charge in [0.1, 0.15) is 0 Å². The highest BCUT2D eigenvalue weighted by atomic mass is 35.5. The van der Waals surface area contributed by atoms with E-state index in [1.165, 1.54) is 0 Å². The summed E-state index contributed by atoms with van der Waals surface area (Å²) >= 11 is 5.89. The van der Waals surface area contributed by atoms with Gasteiger partial charge in [0.05, 0.1) is 0 Å². The largest absolute Gasteiger partial charge is 0.398 e. The maximum absolute atomic E-state index is 5.95. The fourth-order valence-corrected chi connectivity index (χ4v) is 1.82. The molecule has 4 heteroatoms. The summed E-state index contributed by atoms with van der Waals surface area (Å²) in [6, 6.07) is 7.28. The maximum Gasteiger partial charge on any atom is 0.161 e. The Morgan fingerprint density at radius 3 is 2.50 bits per heavy atom. The molecule has 0 radical (unpaired) electrons. The van der Waals surface area contributed by atoms with Gasteiger partial charge in [0.2, 0.25) is 0 Å². The molecule has 3 nitrogen and oxygen atoms in total. The highest BCUT2D eigenvalue weighted by Gasteiger charge is 2.17. The summed E-state index contributed by atoms with van der Waals surface area (Å²) in [5.41, 5.74) is 8.32. The average Bonchev–Trinajstić information content (AvgIpc) is 2.28. The number of hydrogen-bond donors (Lipinski definition) is 1. The van der Waals surface area contributed by atoms with Crippen LogP contribution in [-0.4, -0.2) is 9.97 Å². The molecule has 0 saturated carbocycles. The zero-order valence-corrected chi connectivity index (χ0v) is 11.5. The summed E-state index contributed by atoms with van der Waals surface area (Å²) in [6.07, 6.45) is 1.76. The lowest BCUT2D eigenvalue weighted by molar-refractivity contribution is 0.568. The quantitative estimate of drug-likeness (QED) is 0.797. The van der Waals surface area contributed by atoms with Crippen LogP contribution in [0.5, 0.6) is 0 Å². The van der Waals surface area contributed by atoms with E-state index in [1.807, 2.05) is 12.1 Å². The van der Waals surface area contributed by atoms with Crippen molar-refractivity contribution in [1.29, 1.82) is 0 Å². The lowest BCUT2D eigenvalue weighted by atomic mass is 9.92. The third-order valence-electron chi connectivity index (χ3n) is 2.68. The predicted molar refractivity (Wildman–Crippen MR) is 75.6 cm³/mol. The van der Waals surface area contributed by atoms with Crippen molar-refractivity contribution in [3.05, 3.63) is 41.2 Å². The number of rotatable bonds is 1. The Hall–Kier alpha value is -1.61. The lowest BCUT2D eigenvalue weighted by Gasteiger charge is -2.18. The van der Waals surface area contributed by atoms with E-state index in [2.05, 4.69) is 30.7 Å². The summed E-state index contributed by atoms with van der Waals surface area (Å²) in [7, 11) is 0. The Morgan fingerprint density at radius 2 is 1.89 bits per heavy atom. The van der Waals surface area contributed by atoms with Crippen molar-refractivity contribution in [3.8, 4) is 11.4 Å². The highest BCUT2D eigenvalue weighted by Crippen LogP contribution is 2.27. The van der Waals surface area contributed by atoms with Crippen molar-refractivity contribution in [2.75, 3.05) is 5.73 Å². The molecule has 0 aliphatic carbocycles. The maximum atomic E-state index is 5.95. The van der Waals surface area contributed by atoms with Crippen LogP contribution in [0.4, 0.5) is 5.69 Å². The van der Waals surface area contributed by atoms with Crippen LogP contribution in [-0.2, 0) is 5.41 Å². The Morgan fingerprint density at radius 1 is 1.17 bits per heavy atom. The fraction of sp³-hybridized carbons (Fsp3) is 0.286. The summed E-state index contributed by atoms with van der Waals surface area (Å²) < 4.78 is 0. The molecule has 18 heavy (non-hydrogen) atoms. The first kappa shape index (κ1) is 12.8. The topological polar surface area (TPSA) is 51.8 Å². The molecular formula is C14H16ClN3. The minimum Gasteiger partial charge on any atom is -0.398 e. The second kappa shape index (κ2) is 4.58. The van der Waals surface area contributed by atoms with Gasteiger partial charge in [-0.1, -0.05) is 32.4 Å². The van der Waals surface area contributed by atoms with Gasteiger partial charge in [-0.3, -0.25) is 0 Å². The van der Waals surface area contributed by atoms with Gasteiger partial charge in [-0.05, 0) is 24.3 Å². The van der Waals surface area contributed by atoms with Crippen molar-refractivity contribution < 1.29 is 0 Å². The standard InChI is InChI=1S/C14H16ClN3/c1-14(2,3)12-6-7-17-13(18-12)10-5-4-9(15)8-11(10)16/h4-8H,16H2,1-3H3. The van der Waals surface area contributed by atoms with Crippen LogP contribution >= 0.6 is 11.6 Å². The van der Waals surface area contributed by atoms with Crippen molar-refractivity contribution >= 4 is 17.3 Å². The molecule has 0 spiro atoms. The first-order chi connectivity index (χ1) is 8.38. The molecule has 1 aromatic carbocycles. The molecule has 94 valence electrons. The Bertz CT molecular complexity index is 573. The molecular weight excluding hydrogens is 246 g/mol. The van der Waals surface area contributed by atoms with Crippen LogP contribution in [0.25, 0.3) is 11.4 Å². The van der Waals surface area contributed by atoms with E-state index in [0.717, 1.165) is 11.3 Å². The minimum atomic E-state index is -0.0150. The van der Waals surface area contributed by atoms with Crippen molar-refractivity contribution in [1.82, 2.24) is 9.97 Å². The molecule has 0 amide bonds. The van der Waals surface area contributed by atoms with Gasteiger partial charge in [0.25, 0.3) is 0 Å². The van der Waals surface area contributed by atoms with Crippen LogP contribution in [0.1, 0.15) is 26.5 Å². The average molecular weight is 262 g/mol. The highest BCUT2D eigenvalue weighted by molar-refractivity contribution is 6.31. The van der Waals surface area contributed by atoms with Crippen molar-refractivity contribution in [3.63, 3.8) is 0 Å². The van der Waals surface area contributed by atoms with Gasteiger partial charge in [0.15, 0.2) is 5.82 Å². The molecule has 1 heterocycles. The van der Waals surface area contributed by atoms with E-state index in [4.69, 9.17) is 17.3 Å². The second-order valence-corrected chi connectivity index (χ2v) is 5.68. The molecule has 2 rings (SSSR count). The van der Waals surface area contributed by atoms with Gasteiger partial charge in [-0.25, -0.2) is 9.97 Å². The third-order valence-corrected chi connectivity index (χ3v) is 2.91. The van der Waals surface area contributed by atoms with E-state index < -0.39 is 0 Å². The Kier molecular flexibility index (Phi) is 3.26. The van der Waals surface area contributed by atoms with Crippen molar-refractivity contribution in [2.45, 2.75) is 26.2 Å². The zero-order valence-electron chi connectivity index (χ0n) is 10.7. The molecule has 0 saturated heterocycles. The third kappa shape index (κ3) is 2.62. The molecule has 0 atom stereocenters. The molecule has 1 aromatic heterocycles. The summed E-state index contributed by atoms with van der Waals surface area (Å²) in [6.45, 7) is 6.35. The number of hydrogen-bond acceptors (Lipinski definition) is 3. The minimum absolute atomic E-state index is 0.0150. The van der Waals surface area contributed by atoms with Gasteiger partial charge in [-0.15, -0.1) is 0 Å². The van der Waals surface area contributed by atoms with Crippen LogP contribution in [0.15, 0.2) is 30.5 Å². The van der Waals surface area contributed by atoms with E-state index >= 15 is 0 Å². The molecule has 0 bridgehead atoms.